The van der Waals surface area contributed by atoms with Crippen LogP contribution in [0.25, 0.3) is 0 Å². The number of methoxy groups -OCH3 is 1. The summed E-state index contributed by atoms with van der Waals surface area (Å²) in [5, 5.41) is 0. The Morgan fingerprint density at radius 3 is 1.88 bits per heavy atom. The van der Waals surface area contributed by atoms with Crippen molar-refractivity contribution in [3.8, 4) is 0 Å². The van der Waals surface area contributed by atoms with E-state index in [1.807, 2.05) is 76.3 Å². The summed E-state index contributed by atoms with van der Waals surface area (Å²) in [6.07, 6.45) is 8.60. The number of benzene rings is 1. The summed E-state index contributed by atoms with van der Waals surface area (Å²) < 4.78 is 17.9. The molecular formula is C25H30BNO5. The Labute approximate surface area is 189 Å². The highest BCUT2D eigenvalue weighted by molar-refractivity contribution is 6.62. The maximum atomic E-state index is 13.3. The van der Waals surface area contributed by atoms with Gasteiger partial charge in [0.05, 0.1) is 34.7 Å². The fourth-order valence-electron chi connectivity index (χ4n) is 5.24. The molecule has 6 nitrogen and oxygen atoms in total. The molecular weight excluding hydrogens is 405 g/mol. The zero-order chi connectivity index (χ0) is 22.9. The van der Waals surface area contributed by atoms with E-state index in [2.05, 4.69) is 0 Å². The molecule has 4 aliphatic rings. The van der Waals surface area contributed by atoms with Gasteiger partial charge in [0.25, 0.3) is 0 Å². The summed E-state index contributed by atoms with van der Waals surface area (Å²) in [5.41, 5.74) is 0.358. The van der Waals surface area contributed by atoms with Gasteiger partial charge >= 0.3 is 7.12 Å². The molecule has 5 rings (SSSR count). The molecule has 7 heteroatoms. The fraction of sp³-hybridized carbons (Fsp3) is 0.520. The van der Waals surface area contributed by atoms with Gasteiger partial charge in [0.15, 0.2) is 0 Å². The van der Waals surface area contributed by atoms with Crippen LogP contribution in [0.15, 0.2) is 48.6 Å². The standard InChI is InChI=1S/C25H30BNO5/c1-23(2)24(3,4)32-26(31-23)17-12-10-16(11-13-17)25(14-18(15-25)30-5)27-21(28)19-8-6-7-9-20(19)22(27)29/h6-13,18-20H,14-15H2,1-5H3. The Bertz CT molecular complexity index is 960. The molecule has 2 aliphatic heterocycles. The second-order valence-corrected chi connectivity index (χ2v) is 10.3. The Morgan fingerprint density at radius 2 is 1.41 bits per heavy atom. The molecule has 0 N–H and O–H groups in total. The van der Waals surface area contributed by atoms with Gasteiger partial charge in [-0.1, -0.05) is 48.6 Å². The molecule has 2 unspecified atom stereocenters. The van der Waals surface area contributed by atoms with Gasteiger partial charge in [0.2, 0.25) is 11.8 Å². The lowest BCUT2D eigenvalue weighted by molar-refractivity contribution is -0.160. The molecule has 0 bridgehead atoms. The van der Waals surface area contributed by atoms with E-state index in [0.717, 1.165) is 11.0 Å². The fourth-order valence-corrected chi connectivity index (χ4v) is 5.24. The molecule has 0 aromatic heterocycles. The van der Waals surface area contributed by atoms with Crippen LogP contribution in [0.1, 0.15) is 46.1 Å². The summed E-state index contributed by atoms with van der Waals surface area (Å²) in [5.74, 6) is -1.06. The summed E-state index contributed by atoms with van der Waals surface area (Å²) in [7, 11) is 1.22. The summed E-state index contributed by atoms with van der Waals surface area (Å²) in [6, 6.07) is 7.97. The highest BCUT2D eigenvalue weighted by atomic mass is 16.7. The third-order valence-corrected chi connectivity index (χ3v) is 8.01. The van der Waals surface area contributed by atoms with Crippen LogP contribution in [-0.2, 0) is 29.2 Å². The average Bonchev–Trinajstić information content (AvgIpc) is 3.11. The molecule has 1 saturated carbocycles. The second kappa shape index (κ2) is 7.14. The van der Waals surface area contributed by atoms with E-state index in [1.54, 1.807) is 7.11 Å². The molecule has 0 radical (unpaired) electrons. The Kier molecular flexibility index (Phi) is 4.82. The number of nitrogens with zero attached hydrogens (tertiary/aromatic N) is 1. The predicted molar refractivity (Wildman–Crippen MR) is 121 cm³/mol. The van der Waals surface area contributed by atoms with E-state index in [4.69, 9.17) is 14.0 Å². The van der Waals surface area contributed by atoms with Crippen LogP contribution in [-0.4, -0.2) is 48.2 Å². The molecule has 2 amide bonds. The minimum Gasteiger partial charge on any atom is -0.399 e. The third kappa shape index (κ3) is 2.98. The number of allylic oxidation sites excluding steroid dienone is 2. The number of likely N-dealkylation sites (tertiary alicyclic amines) is 1. The number of hydrogen-bond donors (Lipinski definition) is 0. The largest absolute Gasteiger partial charge is 0.494 e. The first-order valence-electron chi connectivity index (χ1n) is 11.3. The van der Waals surface area contributed by atoms with E-state index >= 15 is 0 Å². The molecule has 2 heterocycles. The van der Waals surface area contributed by atoms with Crippen molar-refractivity contribution in [3.05, 3.63) is 54.1 Å². The number of rotatable bonds is 4. The number of carbonyl (C=O) groups is 2. The molecule has 1 aromatic rings. The van der Waals surface area contributed by atoms with Gasteiger partial charge in [0.1, 0.15) is 0 Å². The quantitative estimate of drug-likeness (QED) is 0.538. The zero-order valence-corrected chi connectivity index (χ0v) is 19.3. The molecule has 1 aromatic carbocycles. The van der Waals surface area contributed by atoms with Gasteiger partial charge in [-0.2, -0.15) is 0 Å². The molecule has 2 aliphatic carbocycles. The highest BCUT2D eigenvalue weighted by Crippen LogP contribution is 2.51. The first-order valence-corrected chi connectivity index (χ1v) is 11.3. The molecule has 168 valence electrons. The molecule has 32 heavy (non-hydrogen) atoms. The monoisotopic (exact) mass is 435 g/mol. The van der Waals surface area contributed by atoms with Crippen molar-refractivity contribution < 1.29 is 23.6 Å². The number of imide groups is 1. The van der Waals surface area contributed by atoms with Crippen LogP contribution < -0.4 is 5.46 Å². The lowest BCUT2D eigenvalue weighted by Crippen LogP contribution is -2.59. The SMILES string of the molecule is COC1CC(c2ccc(B3OC(C)(C)C(C)(C)O3)cc2)(N2C(=O)C3C=CC=CC3C2=O)C1. The summed E-state index contributed by atoms with van der Waals surface area (Å²) in [4.78, 5) is 28.1. The van der Waals surface area contributed by atoms with Crippen molar-refractivity contribution in [1.29, 1.82) is 0 Å². The van der Waals surface area contributed by atoms with Gasteiger partial charge in [-0.3, -0.25) is 14.5 Å². The van der Waals surface area contributed by atoms with Crippen molar-refractivity contribution >= 4 is 24.4 Å². The van der Waals surface area contributed by atoms with E-state index < -0.39 is 35.7 Å². The predicted octanol–water partition coefficient (Wildman–Crippen LogP) is 2.72. The van der Waals surface area contributed by atoms with E-state index in [9.17, 15) is 9.59 Å². The highest BCUT2D eigenvalue weighted by Gasteiger charge is 2.60. The summed E-state index contributed by atoms with van der Waals surface area (Å²) >= 11 is 0. The molecule has 2 saturated heterocycles. The smallest absolute Gasteiger partial charge is 0.399 e. The van der Waals surface area contributed by atoms with Crippen LogP contribution in [0.2, 0.25) is 0 Å². The van der Waals surface area contributed by atoms with Crippen molar-refractivity contribution in [2.24, 2.45) is 11.8 Å². The lowest BCUT2D eigenvalue weighted by atomic mass is 9.67. The van der Waals surface area contributed by atoms with Gasteiger partial charge < -0.3 is 14.0 Å². The van der Waals surface area contributed by atoms with Gasteiger partial charge in [-0.15, -0.1) is 0 Å². The topological polar surface area (TPSA) is 65.1 Å². The minimum absolute atomic E-state index is 0.0204. The van der Waals surface area contributed by atoms with Crippen LogP contribution in [0.3, 0.4) is 0 Å². The van der Waals surface area contributed by atoms with Crippen LogP contribution in [0.4, 0.5) is 0 Å². The lowest BCUT2D eigenvalue weighted by Gasteiger charge is -2.52. The third-order valence-electron chi connectivity index (χ3n) is 8.01. The van der Waals surface area contributed by atoms with Crippen LogP contribution >= 0.6 is 0 Å². The molecule has 2 atom stereocenters. The average molecular weight is 435 g/mol. The van der Waals surface area contributed by atoms with E-state index in [-0.39, 0.29) is 17.9 Å². The van der Waals surface area contributed by atoms with Crippen molar-refractivity contribution in [2.45, 2.75) is 63.4 Å². The maximum Gasteiger partial charge on any atom is 0.494 e. The van der Waals surface area contributed by atoms with Crippen molar-refractivity contribution in [1.82, 2.24) is 4.90 Å². The number of amides is 2. The van der Waals surface area contributed by atoms with Crippen molar-refractivity contribution in [2.75, 3.05) is 7.11 Å². The number of hydrogen-bond acceptors (Lipinski definition) is 5. The zero-order valence-electron chi connectivity index (χ0n) is 19.3. The molecule has 3 fully saturated rings. The first-order chi connectivity index (χ1) is 15.1. The second-order valence-electron chi connectivity index (χ2n) is 10.3. The van der Waals surface area contributed by atoms with Gasteiger partial charge in [0, 0.05) is 20.0 Å². The van der Waals surface area contributed by atoms with Gasteiger partial charge in [-0.05, 0) is 38.7 Å². The number of carbonyl (C=O) groups excluding carboxylic acids is 2. The van der Waals surface area contributed by atoms with E-state index in [1.165, 1.54) is 4.90 Å². The van der Waals surface area contributed by atoms with Crippen LogP contribution in [0.5, 0.6) is 0 Å². The Morgan fingerprint density at radius 1 is 0.906 bits per heavy atom. The number of fused-ring (bicyclic) bond motifs is 1. The maximum absolute atomic E-state index is 13.3. The number of ether oxygens (including phenoxy) is 1. The van der Waals surface area contributed by atoms with Gasteiger partial charge in [-0.25, -0.2) is 0 Å². The first kappa shape index (κ1) is 21.6. The Balaban J connectivity index is 1.46. The summed E-state index contributed by atoms with van der Waals surface area (Å²) in [6.45, 7) is 8.12. The van der Waals surface area contributed by atoms with E-state index in [0.29, 0.717) is 12.8 Å². The Hall–Kier alpha value is -2.22. The molecule has 0 spiro atoms. The minimum atomic E-state index is -0.678. The normalized spacial score (nSPS) is 34.7. The van der Waals surface area contributed by atoms with Crippen LogP contribution in [0, 0.1) is 11.8 Å². The van der Waals surface area contributed by atoms with Crippen molar-refractivity contribution in [3.63, 3.8) is 0 Å².